The molecule has 0 unspecified atom stereocenters. The van der Waals surface area contributed by atoms with Gasteiger partial charge in [0.05, 0.1) is 0 Å². The molecule has 0 atom stereocenters. The summed E-state index contributed by atoms with van der Waals surface area (Å²) in [6.45, 7) is 12.5. The van der Waals surface area contributed by atoms with Gasteiger partial charge in [0.25, 0.3) is 0 Å². The second-order valence-corrected chi connectivity index (χ2v) is 7.15. The van der Waals surface area contributed by atoms with Crippen LogP contribution in [0, 0.1) is 5.41 Å². The van der Waals surface area contributed by atoms with Crippen molar-refractivity contribution in [2.45, 2.75) is 73.5 Å². The van der Waals surface area contributed by atoms with E-state index >= 15 is 0 Å². The second kappa shape index (κ2) is 8.93. The zero-order valence-corrected chi connectivity index (χ0v) is 15.2. The molecule has 0 fully saturated rings. The Kier molecular flexibility index (Phi) is 8.83. The number of hydrogen-bond acceptors (Lipinski definition) is 5. The van der Waals surface area contributed by atoms with Crippen molar-refractivity contribution in [3.63, 3.8) is 0 Å². The van der Waals surface area contributed by atoms with Crippen molar-refractivity contribution in [2.75, 3.05) is 0 Å². The Bertz CT molecular complexity index is 314. The molecule has 0 aliphatic carbocycles. The quantitative estimate of drug-likeness (QED) is 0.482. The molecule has 0 radical (unpaired) electrons. The van der Waals surface area contributed by atoms with E-state index in [0.717, 1.165) is 0 Å². The Balaban J connectivity index is 5.00. The van der Waals surface area contributed by atoms with Gasteiger partial charge < -0.3 is 0 Å². The molecule has 0 rings (SSSR count). The summed E-state index contributed by atoms with van der Waals surface area (Å²) in [5.41, 5.74) is -1.07. The van der Waals surface area contributed by atoms with Gasteiger partial charge in [0.1, 0.15) is 0 Å². The third-order valence-corrected chi connectivity index (χ3v) is 5.73. The number of carbonyl (C=O) groups excluding carboxylic acids is 2. The van der Waals surface area contributed by atoms with Crippen molar-refractivity contribution in [2.24, 2.45) is 5.41 Å². The number of ketones is 1. The van der Waals surface area contributed by atoms with Crippen LogP contribution in [0.3, 0.4) is 0 Å². The molecule has 0 heterocycles. The normalized spacial score (nSPS) is 11.8. The standard InChI is InChI=1S/C8H14O3.2C3H7O.Ti/c1-4-8(5-2,6(3)9)7(10)11;2*1-3(2)4;/h4-5H2,1-3H3,(H,10,11);2*3H,1-2H3;/q;2*-1;+3/p-1. The first kappa shape index (κ1) is 19.8. The van der Waals surface area contributed by atoms with Gasteiger partial charge in [0, 0.05) is 0 Å². The maximum atomic E-state index is 12.4. The fourth-order valence-corrected chi connectivity index (χ4v) is 3.80. The minimum absolute atomic E-state index is 0.0773. The van der Waals surface area contributed by atoms with E-state index in [1.54, 1.807) is 0 Å². The van der Waals surface area contributed by atoms with E-state index in [2.05, 4.69) is 0 Å². The monoisotopic (exact) mass is 323 g/mol. The maximum absolute atomic E-state index is 12.4. The summed E-state index contributed by atoms with van der Waals surface area (Å²) in [5, 5.41) is 0. The summed E-state index contributed by atoms with van der Waals surface area (Å²) in [6, 6.07) is 0. The molecule has 117 valence electrons. The topological polar surface area (TPSA) is 61.8 Å². The molecule has 0 N–H and O–H groups in total. The summed E-state index contributed by atoms with van der Waals surface area (Å²) in [7, 11) is 0. The van der Waals surface area contributed by atoms with Crippen LogP contribution in [0.15, 0.2) is 0 Å². The van der Waals surface area contributed by atoms with Gasteiger partial charge in [0.15, 0.2) is 0 Å². The predicted molar refractivity (Wildman–Crippen MR) is 72.2 cm³/mol. The first-order valence-corrected chi connectivity index (χ1v) is 9.04. The molecular weight excluding hydrogens is 296 g/mol. The molecule has 0 bridgehead atoms. The number of Topliss-reactive ketones (excluding diaryl/α,β-unsaturated/α-hetero) is 1. The van der Waals surface area contributed by atoms with Crippen LogP contribution in [-0.2, 0) is 38.6 Å². The molecule has 0 aromatic rings. The molecule has 0 aliphatic rings. The molecular formula is C14H27O5Ti. The zero-order valence-electron chi connectivity index (χ0n) is 13.6. The summed E-state index contributed by atoms with van der Waals surface area (Å²) < 4.78 is 16.6. The van der Waals surface area contributed by atoms with Crippen molar-refractivity contribution in [1.82, 2.24) is 0 Å². The molecule has 5 nitrogen and oxygen atoms in total. The van der Waals surface area contributed by atoms with Gasteiger partial charge in [0.2, 0.25) is 0 Å². The van der Waals surface area contributed by atoms with Crippen LogP contribution in [-0.4, -0.2) is 24.0 Å². The molecule has 0 aromatic heterocycles. The Morgan fingerprint density at radius 3 is 1.65 bits per heavy atom. The van der Waals surface area contributed by atoms with Crippen molar-refractivity contribution in [3.8, 4) is 0 Å². The number of hydrogen-bond donors (Lipinski definition) is 0. The van der Waals surface area contributed by atoms with Gasteiger partial charge in [-0.3, -0.25) is 0 Å². The summed E-state index contributed by atoms with van der Waals surface area (Å²) in [5.74, 6) is -0.676. The van der Waals surface area contributed by atoms with E-state index in [-0.39, 0.29) is 18.0 Å². The zero-order chi connectivity index (χ0) is 15.9. The van der Waals surface area contributed by atoms with E-state index in [1.807, 2.05) is 41.5 Å². The fourth-order valence-electron chi connectivity index (χ4n) is 1.81. The first-order valence-electron chi connectivity index (χ1n) is 7.13. The van der Waals surface area contributed by atoms with Gasteiger partial charge in [-0.1, -0.05) is 0 Å². The Labute approximate surface area is 129 Å². The van der Waals surface area contributed by atoms with E-state index in [4.69, 9.17) is 9.96 Å². The van der Waals surface area contributed by atoms with Crippen molar-refractivity contribution in [3.05, 3.63) is 0 Å². The molecule has 0 spiro atoms. The molecule has 0 saturated carbocycles. The number of carbonyl (C=O) groups is 2. The van der Waals surface area contributed by atoms with Gasteiger partial charge in [-0.05, 0) is 0 Å². The molecule has 0 aliphatic heterocycles. The van der Waals surface area contributed by atoms with E-state index < -0.39 is 30.4 Å². The van der Waals surface area contributed by atoms with Crippen LogP contribution < -0.4 is 0 Å². The van der Waals surface area contributed by atoms with Crippen LogP contribution in [0.25, 0.3) is 0 Å². The summed E-state index contributed by atoms with van der Waals surface area (Å²) >= 11 is -2.88. The summed E-state index contributed by atoms with van der Waals surface area (Å²) in [6.07, 6.45) is 0.692. The molecule has 0 amide bonds. The average Bonchev–Trinajstić information content (AvgIpc) is 2.28. The van der Waals surface area contributed by atoms with Crippen LogP contribution in [0.2, 0.25) is 0 Å². The van der Waals surface area contributed by atoms with E-state index in [9.17, 15) is 9.59 Å². The van der Waals surface area contributed by atoms with Crippen molar-refractivity contribution >= 4 is 11.8 Å². The molecule has 0 aromatic carbocycles. The van der Waals surface area contributed by atoms with Crippen molar-refractivity contribution < 1.29 is 38.6 Å². The predicted octanol–water partition coefficient (Wildman–Crippen LogP) is 3.14. The summed E-state index contributed by atoms with van der Waals surface area (Å²) in [4.78, 5) is 24.2. The first-order chi connectivity index (χ1) is 9.19. The second-order valence-electron chi connectivity index (χ2n) is 5.32. The minimum atomic E-state index is -2.88. The third kappa shape index (κ3) is 5.64. The van der Waals surface area contributed by atoms with E-state index in [1.165, 1.54) is 6.92 Å². The molecule has 20 heavy (non-hydrogen) atoms. The van der Waals surface area contributed by atoms with Crippen molar-refractivity contribution in [1.29, 1.82) is 0 Å². The van der Waals surface area contributed by atoms with Crippen LogP contribution >= 0.6 is 0 Å². The Hall–Kier alpha value is -0.226. The SMILES string of the molecule is CCC(CC)(C(C)=O)C(=O)[O][Ti]([O]C(C)C)[O]C(C)C. The van der Waals surface area contributed by atoms with Gasteiger partial charge >= 0.3 is 129 Å². The van der Waals surface area contributed by atoms with Crippen LogP contribution in [0.5, 0.6) is 0 Å². The van der Waals surface area contributed by atoms with Gasteiger partial charge in [-0.25, -0.2) is 0 Å². The van der Waals surface area contributed by atoms with E-state index in [0.29, 0.717) is 12.8 Å². The van der Waals surface area contributed by atoms with Gasteiger partial charge in [-0.2, -0.15) is 0 Å². The number of rotatable bonds is 9. The Morgan fingerprint density at radius 1 is 1.00 bits per heavy atom. The molecule has 0 saturated heterocycles. The average molecular weight is 323 g/mol. The van der Waals surface area contributed by atoms with Crippen LogP contribution in [0.4, 0.5) is 0 Å². The Morgan fingerprint density at radius 2 is 1.40 bits per heavy atom. The fraction of sp³-hybridized carbons (Fsp3) is 0.857. The molecule has 6 heteroatoms. The van der Waals surface area contributed by atoms with Crippen LogP contribution in [0.1, 0.15) is 61.3 Å². The third-order valence-electron chi connectivity index (χ3n) is 3.11. The van der Waals surface area contributed by atoms with Gasteiger partial charge in [-0.15, -0.1) is 0 Å².